The normalized spacial score (nSPS) is 9.46. The van der Waals surface area contributed by atoms with Crippen LogP contribution >= 0.6 is 23.2 Å². The number of hydrogen-bond acceptors (Lipinski definition) is 4. The van der Waals surface area contributed by atoms with Gasteiger partial charge in [-0.3, -0.25) is 0 Å². The molecular formula is C7H8Cl2O4. The van der Waals surface area contributed by atoms with Crippen molar-refractivity contribution in [2.45, 2.75) is 4.84 Å². The highest BCUT2D eigenvalue weighted by Gasteiger charge is 2.12. The van der Waals surface area contributed by atoms with Gasteiger partial charge in [-0.05, 0) is 0 Å². The standard InChI is InChI=1S/C7H8Cl2O4/c1-2-5(10)12-3-4-13-7(11)6(8)9/h2,6H,1,3-4H2. The molecule has 0 spiro atoms. The van der Waals surface area contributed by atoms with Crippen LogP contribution in [0.5, 0.6) is 0 Å². The minimum atomic E-state index is -1.21. The van der Waals surface area contributed by atoms with Gasteiger partial charge in [0.05, 0.1) is 0 Å². The van der Waals surface area contributed by atoms with Crippen LogP contribution in [0.3, 0.4) is 0 Å². The topological polar surface area (TPSA) is 52.6 Å². The second kappa shape index (κ2) is 6.74. The van der Waals surface area contributed by atoms with E-state index in [1.54, 1.807) is 0 Å². The van der Waals surface area contributed by atoms with E-state index >= 15 is 0 Å². The van der Waals surface area contributed by atoms with E-state index in [0.717, 1.165) is 6.08 Å². The molecule has 0 unspecified atom stereocenters. The molecule has 0 aliphatic heterocycles. The largest absolute Gasteiger partial charge is 0.460 e. The first kappa shape index (κ1) is 12.3. The van der Waals surface area contributed by atoms with Crippen molar-refractivity contribution in [1.29, 1.82) is 0 Å². The number of carbonyl (C=O) groups is 2. The zero-order chi connectivity index (χ0) is 10.3. The third kappa shape index (κ3) is 6.42. The van der Waals surface area contributed by atoms with Gasteiger partial charge in [-0.25, -0.2) is 9.59 Å². The predicted octanol–water partition coefficient (Wildman–Crippen LogP) is 1.06. The Morgan fingerprint density at radius 2 is 1.85 bits per heavy atom. The van der Waals surface area contributed by atoms with Crippen molar-refractivity contribution in [2.75, 3.05) is 13.2 Å². The molecule has 0 heterocycles. The highest BCUT2D eigenvalue weighted by molar-refractivity contribution is 6.52. The van der Waals surface area contributed by atoms with Crippen LogP contribution in [0.25, 0.3) is 0 Å². The van der Waals surface area contributed by atoms with Gasteiger partial charge in [0.25, 0.3) is 0 Å². The first-order valence-electron chi connectivity index (χ1n) is 3.32. The number of carbonyl (C=O) groups excluding carboxylic acids is 2. The summed E-state index contributed by atoms with van der Waals surface area (Å²) in [5.74, 6) is -1.35. The van der Waals surface area contributed by atoms with Crippen LogP contribution in [0.15, 0.2) is 12.7 Å². The zero-order valence-electron chi connectivity index (χ0n) is 6.66. The smallest absolute Gasteiger partial charge is 0.339 e. The van der Waals surface area contributed by atoms with E-state index in [1.165, 1.54) is 0 Å². The lowest BCUT2D eigenvalue weighted by atomic mass is 10.6. The fraction of sp³-hybridized carbons (Fsp3) is 0.429. The molecule has 0 atom stereocenters. The Bertz CT molecular complexity index is 203. The molecule has 0 aliphatic rings. The molecule has 0 N–H and O–H groups in total. The highest BCUT2D eigenvalue weighted by atomic mass is 35.5. The Kier molecular flexibility index (Phi) is 6.36. The predicted molar refractivity (Wildman–Crippen MR) is 47.6 cm³/mol. The molecule has 74 valence electrons. The van der Waals surface area contributed by atoms with Crippen molar-refractivity contribution >= 4 is 35.1 Å². The van der Waals surface area contributed by atoms with Crippen molar-refractivity contribution in [3.8, 4) is 0 Å². The van der Waals surface area contributed by atoms with Gasteiger partial charge >= 0.3 is 11.9 Å². The van der Waals surface area contributed by atoms with Crippen LogP contribution in [0.4, 0.5) is 0 Å². The Morgan fingerprint density at radius 3 is 2.31 bits per heavy atom. The van der Waals surface area contributed by atoms with Crippen LogP contribution in [-0.4, -0.2) is 30.0 Å². The lowest BCUT2D eigenvalue weighted by Gasteiger charge is -2.04. The Labute approximate surface area is 85.4 Å². The Hall–Kier alpha value is -0.740. The monoisotopic (exact) mass is 226 g/mol. The summed E-state index contributed by atoms with van der Waals surface area (Å²) in [6.07, 6.45) is 1.01. The summed E-state index contributed by atoms with van der Waals surface area (Å²) in [6, 6.07) is 0. The molecule has 0 radical (unpaired) electrons. The summed E-state index contributed by atoms with van der Waals surface area (Å²) >= 11 is 10.3. The van der Waals surface area contributed by atoms with Crippen molar-refractivity contribution in [1.82, 2.24) is 0 Å². The molecule has 0 aromatic carbocycles. The number of ether oxygens (including phenoxy) is 2. The average molecular weight is 227 g/mol. The molecule has 0 bridgehead atoms. The van der Waals surface area contributed by atoms with Gasteiger partial charge in [-0.15, -0.1) is 0 Å². The van der Waals surface area contributed by atoms with Crippen molar-refractivity contribution < 1.29 is 19.1 Å². The molecule has 0 aliphatic carbocycles. The number of esters is 2. The lowest BCUT2D eigenvalue weighted by Crippen LogP contribution is -2.16. The second-order valence-electron chi connectivity index (χ2n) is 1.84. The maximum atomic E-state index is 10.6. The first-order valence-corrected chi connectivity index (χ1v) is 4.19. The first-order chi connectivity index (χ1) is 6.07. The fourth-order valence-electron chi connectivity index (χ4n) is 0.406. The summed E-state index contributed by atoms with van der Waals surface area (Å²) in [7, 11) is 0. The number of rotatable bonds is 5. The molecule has 13 heavy (non-hydrogen) atoms. The number of hydrogen-bond donors (Lipinski definition) is 0. The summed E-state index contributed by atoms with van der Waals surface area (Å²) in [5.41, 5.74) is 0. The maximum absolute atomic E-state index is 10.6. The van der Waals surface area contributed by atoms with Crippen LogP contribution in [-0.2, 0) is 19.1 Å². The molecule has 0 amide bonds. The minimum Gasteiger partial charge on any atom is -0.460 e. The van der Waals surface area contributed by atoms with E-state index in [0.29, 0.717) is 0 Å². The molecule has 0 aromatic rings. The van der Waals surface area contributed by atoms with Crippen molar-refractivity contribution in [2.24, 2.45) is 0 Å². The van der Waals surface area contributed by atoms with Crippen molar-refractivity contribution in [3.05, 3.63) is 12.7 Å². The third-order valence-electron chi connectivity index (χ3n) is 0.917. The van der Waals surface area contributed by atoms with Crippen LogP contribution < -0.4 is 0 Å². The summed E-state index contributed by atoms with van der Waals surface area (Å²) in [5, 5.41) is 0. The molecule has 0 aromatic heterocycles. The van der Waals surface area contributed by atoms with E-state index in [2.05, 4.69) is 16.1 Å². The highest BCUT2D eigenvalue weighted by Crippen LogP contribution is 2.03. The third-order valence-corrected chi connectivity index (χ3v) is 1.27. The number of halogens is 2. The van der Waals surface area contributed by atoms with Crippen LogP contribution in [0.1, 0.15) is 0 Å². The van der Waals surface area contributed by atoms with Gasteiger partial charge in [0.1, 0.15) is 13.2 Å². The van der Waals surface area contributed by atoms with Crippen molar-refractivity contribution in [3.63, 3.8) is 0 Å². The van der Waals surface area contributed by atoms with E-state index in [-0.39, 0.29) is 13.2 Å². The summed E-state index contributed by atoms with van der Waals surface area (Å²) < 4.78 is 8.98. The zero-order valence-corrected chi connectivity index (χ0v) is 8.18. The molecule has 0 rings (SSSR count). The Balaban J connectivity index is 3.41. The summed E-state index contributed by atoms with van der Waals surface area (Å²) in [6.45, 7) is 3.06. The fourth-order valence-corrected chi connectivity index (χ4v) is 0.532. The quantitative estimate of drug-likeness (QED) is 0.305. The number of alkyl halides is 2. The average Bonchev–Trinajstić information content (AvgIpc) is 2.11. The molecule has 0 saturated carbocycles. The summed E-state index contributed by atoms with van der Waals surface area (Å²) in [4.78, 5) is 19.9. The van der Waals surface area contributed by atoms with Gasteiger partial charge in [0.15, 0.2) is 0 Å². The lowest BCUT2D eigenvalue weighted by molar-refractivity contribution is -0.148. The second-order valence-corrected chi connectivity index (χ2v) is 2.94. The van der Waals surface area contributed by atoms with Gasteiger partial charge in [-0.1, -0.05) is 29.8 Å². The molecule has 4 nitrogen and oxygen atoms in total. The van der Waals surface area contributed by atoms with Crippen LogP contribution in [0.2, 0.25) is 0 Å². The minimum absolute atomic E-state index is 0.0446. The van der Waals surface area contributed by atoms with E-state index in [4.69, 9.17) is 23.2 Å². The molecule has 0 fully saturated rings. The molecular weight excluding hydrogens is 219 g/mol. The Morgan fingerprint density at radius 1 is 1.31 bits per heavy atom. The van der Waals surface area contributed by atoms with E-state index in [9.17, 15) is 9.59 Å². The van der Waals surface area contributed by atoms with Gasteiger partial charge in [-0.2, -0.15) is 0 Å². The van der Waals surface area contributed by atoms with Gasteiger partial charge in [0.2, 0.25) is 4.84 Å². The van der Waals surface area contributed by atoms with Crippen LogP contribution in [0, 0.1) is 0 Å². The van der Waals surface area contributed by atoms with Gasteiger partial charge < -0.3 is 9.47 Å². The SMILES string of the molecule is C=CC(=O)OCCOC(=O)C(Cl)Cl. The van der Waals surface area contributed by atoms with E-state index < -0.39 is 16.8 Å². The van der Waals surface area contributed by atoms with E-state index in [1.807, 2.05) is 0 Å². The molecule has 6 heteroatoms. The maximum Gasteiger partial charge on any atom is 0.339 e. The molecule has 0 saturated heterocycles. The van der Waals surface area contributed by atoms with Gasteiger partial charge in [0, 0.05) is 6.08 Å².